The fourth-order valence-electron chi connectivity index (χ4n) is 0.533. The molecule has 0 bridgehead atoms. The summed E-state index contributed by atoms with van der Waals surface area (Å²) in [4.78, 5) is 0. The van der Waals surface area contributed by atoms with Crippen LogP contribution in [-0.4, -0.2) is 47.7 Å². The summed E-state index contributed by atoms with van der Waals surface area (Å²) in [7, 11) is 1.61. The maximum absolute atomic E-state index is 8.85. The normalized spacial score (nSPS) is 17.3. The van der Waals surface area contributed by atoms with E-state index in [1.807, 2.05) is 0 Å². The number of hydrogen-bond donors (Lipinski definition) is 4. The van der Waals surface area contributed by atoms with Gasteiger partial charge in [0.2, 0.25) is 0 Å². The molecule has 0 aliphatic rings. The highest BCUT2D eigenvalue weighted by atomic mass is 16.3. The third kappa shape index (κ3) is 2.76. The molecule has 0 unspecified atom stereocenters. The standard InChI is InChI=1S/C5H13NO3/c1-6-4(2-7)5(9)3-8/h4-9H,2-3H2,1H3/t4-,5-/m0/s1. The molecular weight excluding hydrogens is 122 g/mol. The van der Waals surface area contributed by atoms with Crippen LogP contribution < -0.4 is 5.32 Å². The fraction of sp³-hybridized carbons (Fsp3) is 1.00. The number of aliphatic hydroxyl groups is 3. The first kappa shape index (κ1) is 8.84. The Labute approximate surface area is 54.1 Å². The van der Waals surface area contributed by atoms with Gasteiger partial charge in [0, 0.05) is 0 Å². The van der Waals surface area contributed by atoms with E-state index >= 15 is 0 Å². The molecule has 0 heterocycles. The van der Waals surface area contributed by atoms with Crippen molar-refractivity contribution in [1.29, 1.82) is 0 Å². The molecule has 0 aliphatic carbocycles. The van der Waals surface area contributed by atoms with Crippen molar-refractivity contribution in [2.45, 2.75) is 12.1 Å². The molecule has 2 atom stereocenters. The van der Waals surface area contributed by atoms with Crippen LogP contribution in [0.25, 0.3) is 0 Å². The third-order valence-electron chi connectivity index (χ3n) is 1.22. The van der Waals surface area contributed by atoms with Crippen LogP contribution in [0.15, 0.2) is 0 Å². The van der Waals surface area contributed by atoms with Gasteiger partial charge >= 0.3 is 0 Å². The van der Waals surface area contributed by atoms with Gasteiger partial charge < -0.3 is 20.6 Å². The molecule has 4 heteroatoms. The van der Waals surface area contributed by atoms with Gasteiger partial charge in [0.05, 0.1) is 25.4 Å². The molecule has 0 saturated heterocycles. The Balaban J connectivity index is 3.50. The molecule has 4 nitrogen and oxygen atoms in total. The second kappa shape index (κ2) is 4.69. The van der Waals surface area contributed by atoms with E-state index in [0.717, 1.165) is 0 Å². The maximum Gasteiger partial charge on any atom is 0.0945 e. The fourth-order valence-corrected chi connectivity index (χ4v) is 0.533. The molecule has 0 rings (SSSR count). The molecule has 9 heavy (non-hydrogen) atoms. The number of rotatable bonds is 4. The van der Waals surface area contributed by atoms with E-state index in [9.17, 15) is 0 Å². The quantitative estimate of drug-likeness (QED) is 0.357. The van der Waals surface area contributed by atoms with Crippen LogP contribution in [0.3, 0.4) is 0 Å². The zero-order valence-corrected chi connectivity index (χ0v) is 5.41. The van der Waals surface area contributed by atoms with E-state index in [1.54, 1.807) is 7.05 Å². The number of hydrogen-bond acceptors (Lipinski definition) is 4. The SMILES string of the molecule is CN[C@@H](CO)[C@@H](O)CO. The zero-order valence-electron chi connectivity index (χ0n) is 5.41. The van der Waals surface area contributed by atoms with Gasteiger partial charge in [-0.05, 0) is 7.05 Å². The summed E-state index contributed by atoms with van der Waals surface area (Å²) in [6.07, 6.45) is -0.875. The van der Waals surface area contributed by atoms with Crippen molar-refractivity contribution in [2.75, 3.05) is 20.3 Å². The van der Waals surface area contributed by atoms with E-state index in [0.29, 0.717) is 0 Å². The van der Waals surface area contributed by atoms with Crippen molar-refractivity contribution < 1.29 is 15.3 Å². The van der Waals surface area contributed by atoms with Crippen molar-refractivity contribution >= 4 is 0 Å². The lowest BCUT2D eigenvalue weighted by Crippen LogP contribution is -2.42. The van der Waals surface area contributed by atoms with E-state index in [4.69, 9.17) is 15.3 Å². The highest BCUT2D eigenvalue weighted by molar-refractivity contribution is 4.71. The number of nitrogens with one attached hydrogen (secondary N) is 1. The summed E-state index contributed by atoms with van der Waals surface area (Å²) >= 11 is 0. The molecular formula is C5H13NO3. The first-order chi connectivity index (χ1) is 4.26. The highest BCUT2D eigenvalue weighted by Crippen LogP contribution is 1.88. The molecule has 0 amide bonds. The summed E-state index contributed by atoms with van der Waals surface area (Å²) in [5.41, 5.74) is 0. The third-order valence-corrected chi connectivity index (χ3v) is 1.22. The van der Waals surface area contributed by atoms with Crippen LogP contribution in [0.2, 0.25) is 0 Å². The summed E-state index contributed by atoms with van der Waals surface area (Å²) in [6.45, 7) is -0.496. The van der Waals surface area contributed by atoms with Gasteiger partial charge in [-0.3, -0.25) is 0 Å². The minimum atomic E-state index is -0.875. The zero-order chi connectivity index (χ0) is 7.28. The van der Waals surface area contributed by atoms with Gasteiger partial charge in [0.25, 0.3) is 0 Å². The van der Waals surface area contributed by atoms with Crippen molar-refractivity contribution in [2.24, 2.45) is 0 Å². The van der Waals surface area contributed by atoms with Gasteiger partial charge in [-0.25, -0.2) is 0 Å². The molecule has 0 fully saturated rings. The second-order valence-electron chi connectivity index (χ2n) is 1.83. The van der Waals surface area contributed by atoms with E-state index in [-0.39, 0.29) is 13.2 Å². The molecule has 56 valence electrons. The predicted octanol–water partition coefficient (Wildman–Crippen LogP) is -2.08. The van der Waals surface area contributed by atoms with Gasteiger partial charge in [0.15, 0.2) is 0 Å². The Bertz CT molecular complexity index is 65.2. The highest BCUT2D eigenvalue weighted by Gasteiger charge is 2.13. The Morgan fingerprint density at radius 2 is 1.89 bits per heavy atom. The van der Waals surface area contributed by atoms with Gasteiger partial charge in [-0.15, -0.1) is 0 Å². The van der Waals surface area contributed by atoms with Crippen LogP contribution >= 0.6 is 0 Å². The van der Waals surface area contributed by atoms with Crippen molar-refractivity contribution in [1.82, 2.24) is 5.32 Å². The lowest BCUT2D eigenvalue weighted by molar-refractivity contribution is 0.0444. The lowest BCUT2D eigenvalue weighted by atomic mass is 10.2. The van der Waals surface area contributed by atoms with Crippen molar-refractivity contribution in [3.8, 4) is 0 Å². The van der Waals surface area contributed by atoms with Crippen LogP contribution in [-0.2, 0) is 0 Å². The molecule has 0 aliphatic heterocycles. The van der Waals surface area contributed by atoms with Crippen molar-refractivity contribution in [3.05, 3.63) is 0 Å². The predicted molar refractivity (Wildman–Crippen MR) is 33.0 cm³/mol. The molecule has 0 saturated carbocycles. The largest absolute Gasteiger partial charge is 0.395 e. The average molecular weight is 135 g/mol. The number of likely N-dealkylation sites (N-methyl/N-ethyl adjacent to an activating group) is 1. The molecule has 0 aromatic rings. The van der Waals surface area contributed by atoms with Gasteiger partial charge in [-0.1, -0.05) is 0 Å². The van der Waals surface area contributed by atoms with E-state index in [2.05, 4.69) is 5.32 Å². The molecule has 0 aromatic carbocycles. The minimum Gasteiger partial charge on any atom is -0.395 e. The summed E-state index contributed by atoms with van der Waals surface area (Å²) < 4.78 is 0. The Morgan fingerprint density at radius 3 is 2.00 bits per heavy atom. The van der Waals surface area contributed by atoms with Crippen molar-refractivity contribution in [3.63, 3.8) is 0 Å². The van der Waals surface area contributed by atoms with Gasteiger partial charge in [-0.2, -0.15) is 0 Å². The summed E-state index contributed by atoms with van der Waals surface area (Å²) in [6, 6.07) is -0.421. The first-order valence-corrected chi connectivity index (χ1v) is 2.83. The molecule has 0 spiro atoms. The Morgan fingerprint density at radius 1 is 1.33 bits per heavy atom. The summed E-state index contributed by atoms with van der Waals surface area (Å²) in [5.74, 6) is 0. The second-order valence-corrected chi connectivity index (χ2v) is 1.83. The molecule has 0 aromatic heterocycles. The first-order valence-electron chi connectivity index (χ1n) is 2.83. The Hall–Kier alpha value is -0.160. The lowest BCUT2D eigenvalue weighted by Gasteiger charge is -2.17. The monoisotopic (exact) mass is 135 g/mol. The topological polar surface area (TPSA) is 72.7 Å². The van der Waals surface area contributed by atoms with E-state index < -0.39 is 12.1 Å². The Kier molecular flexibility index (Phi) is 4.61. The number of aliphatic hydroxyl groups excluding tert-OH is 3. The molecule has 0 radical (unpaired) electrons. The van der Waals surface area contributed by atoms with Crippen LogP contribution in [0, 0.1) is 0 Å². The minimum absolute atomic E-state index is 0.168. The molecule has 4 N–H and O–H groups in total. The maximum atomic E-state index is 8.85. The van der Waals surface area contributed by atoms with Crippen LogP contribution in [0.4, 0.5) is 0 Å². The van der Waals surface area contributed by atoms with Gasteiger partial charge in [0.1, 0.15) is 0 Å². The van der Waals surface area contributed by atoms with E-state index in [1.165, 1.54) is 0 Å². The summed E-state index contributed by atoms with van der Waals surface area (Å²) in [5, 5.41) is 28.3. The smallest absolute Gasteiger partial charge is 0.0945 e. The average Bonchev–Trinajstić information content (AvgIpc) is 1.90. The van der Waals surface area contributed by atoms with Crippen LogP contribution in [0.1, 0.15) is 0 Å². The van der Waals surface area contributed by atoms with Crippen LogP contribution in [0.5, 0.6) is 0 Å².